The first-order valence-electron chi connectivity index (χ1n) is 6.14. The maximum absolute atomic E-state index is 11.7. The summed E-state index contributed by atoms with van der Waals surface area (Å²) < 4.78 is 0. The molecule has 0 bridgehead atoms. The predicted molar refractivity (Wildman–Crippen MR) is 64.7 cm³/mol. The van der Waals surface area contributed by atoms with Gasteiger partial charge in [-0.25, -0.2) is 9.78 Å². The summed E-state index contributed by atoms with van der Waals surface area (Å²) in [6, 6.07) is -0.0753. The van der Waals surface area contributed by atoms with Crippen molar-refractivity contribution < 1.29 is 9.90 Å². The highest BCUT2D eigenvalue weighted by Gasteiger charge is 2.22. The highest BCUT2D eigenvalue weighted by atomic mass is 16.3. The zero-order valence-corrected chi connectivity index (χ0v) is 10.7. The lowest BCUT2D eigenvalue weighted by Gasteiger charge is -2.15. The van der Waals surface area contributed by atoms with Crippen molar-refractivity contribution in [2.75, 3.05) is 13.1 Å². The molecule has 3 N–H and O–H groups in total. The van der Waals surface area contributed by atoms with Gasteiger partial charge < -0.3 is 15.3 Å². The lowest BCUT2D eigenvalue weighted by Crippen LogP contribution is -2.37. The number of nitrogens with zero attached hydrogens (tertiary/aromatic N) is 3. The van der Waals surface area contributed by atoms with Crippen molar-refractivity contribution in [2.24, 2.45) is 0 Å². The molecule has 7 heteroatoms. The summed E-state index contributed by atoms with van der Waals surface area (Å²) in [5.74, 6) is 0.868. The van der Waals surface area contributed by atoms with Crippen molar-refractivity contribution in [3.8, 4) is 0 Å². The maximum atomic E-state index is 11.7. The van der Waals surface area contributed by atoms with Crippen LogP contribution in [0.3, 0.4) is 0 Å². The number of H-pyrrole nitrogens is 1. The van der Waals surface area contributed by atoms with Gasteiger partial charge in [-0.1, -0.05) is 0 Å². The number of amides is 2. The summed E-state index contributed by atoms with van der Waals surface area (Å²) in [6.45, 7) is 5.15. The lowest BCUT2D eigenvalue weighted by atomic mass is 10.1. The summed E-state index contributed by atoms with van der Waals surface area (Å²) in [4.78, 5) is 17.6. The molecule has 0 aromatic carbocycles. The highest BCUT2D eigenvalue weighted by molar-refractivity contribution is 5.74. The first-order chi connectivity index (χ1) is 8.47. The van der Waals surface area contributed by atoms with E-state index in [2.05, 4.69) is 20.5 Å². The maximum Gasteiger partial charge on any atom is 0.317 e. The SMILES string of the molecule is CC(C)(O)c1n[nH]c(CNC(=O)N2CCCC2)n1. The summed E-state index contributed by atoms with van der Waals surface area (Å²) in [5, 5.41) is 19.1. The van der Waals surface area contributed by atoms with Crippen molar-refractivity contribution >= 4 is 6.03 Å². The van der Waals surface area contributed by atoms with Crippen LogP contribution in [0.15, 0.2) is 0 Å². The summed E-state index contributed by atoms with van der Waals surface area (Å²) in [7, 11) is 0. The Kier molecular flexibility index (Phi) is 3.51. The van der Waals surface area contributed by atoms with Crippen LogP contribution in [0.5, 0.6) is 0 Å². The molecule has 2 rings (SSSR count). The fraction of sp³-hybridized carbons (Fsp3) is 0.727. The molecule has 0 atom stereocenters. The van der Waals surface area contributed by atoms with Gasteiger partial charge >= 0.3 is 6.03 Å². The molecule has 2 amide bonds. The van der Waals surface area contributed by atoms with Gasteiger partial charge in [-0.3, -0.25) is 5.10 Å². The third-order valence-corrected chi connectivity index (χ3v) is 2.88. The number of carbonyl (C=O) groups excluding carboxylic acids is 1. The average Bonchev–Trinajstić information content (AvgIpc) is 2.96. The van der Waals surface area contributed by atoms with Gasteiger partial charge in [-0.2, -0.15) is 5.10 Å². The van der Waals surface area contributed by atoms with Crippen molar-refractivity contribution in [1.29, 1.82) is 0 Å². The standard InChI is InChI=1S/C11H19N5O2/c1-11(2,18)9-13-8(14-15-9)7-12-10(17)16-5-3-4-6-16/h18H,3-7H2,1-2H3,(H,12,17)(H,13,14,15). The molecule has 0 aliphatic carbocycles. The van der Waals surface area contributed by atoms with Crippen molar-refractivity contribution in [2.45, 2.75) is 38.8 Å². The van der Waals surface area contributed by atoms with Crippen LogP contribution in [-0.4, -0.2) is 44.3 Å². The zero-order chi connectivity index (χ0) is 13.2. The fourth-order valence-electron chi connectivity index (χ4n) is 1.84. The topological polar surface area (TPSA) is 94.1 Å². The Hall–Kier alpha value is -1.63. The van der Waals surface area contributed by atoms with Gasteiger partial charge in [0.05, 0.1) is 6.54 Å². The number of hydrogen-bond acceptors (Lipinski definition) is 4. The van der Waals surface area contributed by atoms with E-state index in [1.165, 1.54) is 0 Å². The quantitative estimate of drug-likeness (QED) is 0.724. The molecule has 1 fully saturated rings. The normalized spacial score (nSPS) is 16.1. The minimum absolute atomic E-state index is 0.0753. The molecule has 1 aliphatic heterocycles. The number of likely N-dealkylation sites (tertiary alicyclic amines) is 1. The van der Waals surface area contributed by atoms with Crippen LogP contribution in [0, 0.1) is 0 Å². The molecule has 1 aromatic heterocycles. The number of rotatable bonds is 3. The fourth-order valence-corrected chi connectivity index (χ4v) is 1.84. The molecule has 1 saturated heterocycles. The second-order valence-electron chi connectivity index (χ2n) is 5.02. The Labute approximate surface area is 106 Å². The summed E-state index contributed by atoms with van der Waals surface area (Å²) in [6.07, 6.45) is 2.14. The van der Waals surface area contributed by atoms with Gasteiger partial charge in [0, 0.05) is 13.1 Å². The molecule has 7 nitrogen and oxygen atoms in total. The molecule has 0 saturated carbocycles. The van der Waals surface area contributed by atoms with E-state index in [1.807, 2.05) is 0 Å². The van der Waals surface area contributed by atoms with Crippen LogP contribution in [0.25, 0.3) is 0 Å². The Balaban J connectivity index is 1.86. The lowest BCUT2D eigenvalue weighted by molar-refractivity contribution is 0.0690. The Morgan fingerprint density at radius 3 is 2.72 bits per heavy atom. The molecule has 100 valence electrons. The van der Waals surface area contributed by atoms with E-state index < -0.39 is 5.60 Å². The van der Waals surface area contributed by atoms with Gasteiger partial charge in [0.15, 0.2) is 5.82 Å². The van der Waals surface area contributed by atoms with E-state index in [-0.39, 0.29) is 6.03 Å². The van der Waals surface area contributed by atoms with E-state index in [9.17, 15) is 9.90 Å². The monoisotopic (exact) mass is 253 g/mol. The molecule has 18 heavy (non-hydrogen) atoms. The molecule has 2 heterocycles. The smallest absolute Gasteiger partial charge is 0.317 e. The van der Waals surface area contributed by atoms with Crippen molar-refractivity contribution in [3.63, 3.8) is 0 Å². The van der Waals surface area contributed by atoms with Crippen LogP contribution in [0.1, 0.15) is 38.3 Å². The minimum atomic E-state index is -1.08. The number of aliphatic hydroxyl groups is 1. The molecule has 0 unspecified atom stereocenters. The Morgan fingerprint density at radius 2 is 2.17 bits per heavy atom. The molecule has 1 aliphatic rings. The third kappa shape index (κ3) is 2.98. The zero-order valence-electron chi connectivity index (χ0n) is 10.7. The van der Waals surface area contributed by atoms with Crippen LogP contribution in [0.2, 0.25) is 0 Å². The van der Waals surface area contributed by atoms with E-state index in [4.69, 9.17) is 0 Å². The second-order valence-corrected chi connectivity index (χ2v) is 5.02. The molecular formula is C11H19N5O2. The average molecular weight is 253 g/mol. The number of aromatic amines is 1. The minimum Gasteiger partial charge on any atom is -0.382 e. The van der Waals surface area contributed by atoms with E-state index in [1.54, 1.807) is 18.7 Å². The predicted octanol–water partition coefficient (Wildman–Crippen LogP) is 0.337. The Bertz CT molecular complexity index is 417. The van der Waals surface area contributed by atoms with Gasteiger partial charge in [0.25, 0.3) is 0 Å². The number of hydrogen-bond donors (Lipinski definition) is 3. The first kappa shape index (κ1) is 12.8. The largest absolute Gasteiger partial charge is 0.382 e. The van der Waals surface area contributed by atoms with E-state index in [0.717, 1.165) is 25.9 Å². The number of carbonyl (C=O) groups is 1. The molecular weight excluding hydrogens is 234 g/mol. The summed E-state index contributed by atoms with van der Waals surface area (Å²) in [5.41, 5.74) is -1.08. The van der Waals surface area contributed by atoms with Gasteiger partial charge in [-0.05, 0) is 26.7 Å². The Morgan fingerprint density at radius 1 is 1.50 bits per heavy atom. The highest BCUT2D eigenvalue weighted by Crippen LogP contribution is 2.14. The number of nitrogens with one attached hydrogen (secondary N) is 2. The van der Waals surface area contributed by atoms with Crippen LogP contribution >= 0.6 is 0 Å². The first-order valence-corrected chi connectivity index (χ1v) is 6.14. The number of aromatic nitrogens is 3. The molecule has 1 aromatic rings. The van der Waals surface area contributed by atoms with Crippen molar-refractivity contribution in [1.82, 2.24) is 25.4 Å². The van der Waals surface area contributed by atoms with Gasteiger partial charge in [-0.15, -0.1) is 0 Å². The molecule has 0 spiro atoms. The van der Waals surface area contributed by atoms with Crippen LogP contribution < -0.4 is 5.32 Å². The summed E-state index contributed by atoms with van der Waals surface area (Å²) >= 11 is 0. The number of urea groups is 1. The van der Waals surface area contributed by atoms with Crippen LogP contribution in [-0.2, 0) is 12.1 Å². The van der Waals surface area contributed by atoms with E-state index >= 15 is 0 Å². The van der Waals surface area contributed by atoms with Crippen molar-refractivity contribution in [3.05, 3.63) is 11.6 Å². The molecule has 0 radical (unpaired) electrons. The third-order valence-electron chi connectivity index (χ3n) is 2.88. The van der Waals surface area contributed by atoms with E-state index in [0.29, 0.717) is 18.2 Å². The van der Waals surface area contributed by atoms with Crippen LogP contribution in [0.4, 0.5) is 4.79 Å². The second kappa shape index (κ2) is 4.93. The van der Waals surface area contributed by atoms with Gasteiger partial charge in [0.2, 0.25) is 0 Å². The van der Waals surface area contributed by atoms with Gasteiger partial charge in [0.1, 0.15) is 11.4 Å².